The lowest BCUT2D eigenvalue weighted by molar-refractivity contribution is -0.113. The number of amides is 1. The second-order valence-electron chi connectivity index (χ2n) is 8.19. The van der Waals surface area contributed by atoms with Crippen LogP contribution in [0.15, 0.2) is 53.7 Å². The molecule has 1 amide bonds. The summed E-state index contributed by atoms with van der Waals surface area (Å²) in [4.78, 5) is 17.1. The monoisotopic (exact) mass is 419 g/mol. The summed E-state index contributed by atoms with van der Waals surface area (Å²) < 4.78 is 2.13. The molecule has 0 aliphatic carbocycles. The SMILES string of the molecule is CCn1c2ccccc2c2nnc(SCC(=O)Nc3ccc(C(C)(C)C)cc3)nc21. The zero-order valence-electron chi connectivity index (χ0n) is 17.6. The maximum absolute atomic E-state index is 12.4. The van der Waals surface area contributed by atoms with Crippen molar-refractivity contribution in [2.45, 2.75) is 44.8 Å². The number of anilines is 1. The van der Waals surface area contributed by atoms with E-state index in [0.29, 0.717) is 5.16 Å². The van der Waals surface area contributed by atoms with Crippen LogP contribution in [0.2, 0.25) is 0 Å². The van der Waals surface area contributed by atoms with Gasteiger partial charge >= 0.3 is 0 Å². The van der Waals surface area contributed by atoms with Gasteiger partial charge in [-0.3, -0.25) is 4.79 Å². The molecule has 4 aromatic rings. The molecule has 2 heterocycles. The summed E-state index contributed by atoms with van der Waals surface area (Å²) >= 11 is 1.29. The van der Waals surface area contributed by atoms with E-state index in [-0.39, 0.29) is 17.1 Å². The number of fused-ring (bicyclic) bond motifs is 3. The number of para-hydroxylation sites is 1. The van der Waals surface area contributed by atoms with Gasteiger partial charge in [0.15, 0.2) is 5.65 Å². The number of carbonyl (C=O) groups is 1. The molecular weight excluding hydrogens is 394 g/mol. The molecule has 0 aliphatic heterocycles. The van der Waals surface area contributed by atoms with Crippen LogP contribution in [0, 0.1) is 0 Å². The summed E-state index contributed by atoms with van der Waals surface area (Å²) in [6.45, 7) is 9.37. The molecule has 0 saturated heterocycles. The summed E-state index contributed by atoms with van der Waals surface area (Å²) in [7, 11) is 0. The van der Waals surface area contributed by atoms with E-state index in [1.165, 1.54) is 17.3 Å². The van der Waals surface area contributed by atoms with Gasteiger partial charge in [0.2, 0.25) is 11.1 Å². The zero-order chi connectivity index (χ0) is 21.3. The van der Waals surface area contributed by atoms with Crippen molar-refractivity contribution in [3.8, 4) is 0 Å². The predicted molar refractivity (Wildman–Crippen MR) is 123 cm³/mol. The summed E-state index contributed by atoms with van der Waals surface area (Å²) in [5.41, 5.74) is 4.79. The van der Waals surface area contributed by atoms with Crippen molar-refractivity contribution in [2.24, 2.45) is 0 Å². The van der Waals surface area contributed by atoms with Crippen LogP contribution in [0.5, 0.6) is 0 Å². The maximum Gasteiger partial charge on any atom is 0.234 e. The molecule has 0 fully saturated rings. The lowest BCUT2D eigenvalue weighted by Crippen LogP contribution is -2.15. The van der Waals surface area contributed by atoms with Gasteiger partial charge in [0.1, 0.15) is 5.52 Å². The van der Waals surface area contributed by atoms with Crippen LogP contribution in [0.3, 0.4) is 0 Å². The number of nitrogens with zero attached hydrogens (tertiary/aromatic N) is 4. The van der Waals surface area contributed by atoms with Crippen LogP contribution in [0.1, 0.15) is 33.3 Å². The number of rotatable bonds is 5. The molecule has 1 N–H and O–H groups in total. The van der Waals surface area contributed by atoms with Gasteiger partial charge in [-0.15, -0.1) is 10.2 Å². The molecule has 4 rings (SSSR count). The highest BCUT2D eigenvalue weighted by Gasteiger charge is 2.15. The first kappa shape index (κ1) is 20.3. The molecule has 0 unspecified atom stereocenters. The molecule has 30 heavy (non-hydrogen) atoms. The fourth-order valence-electron chi connectivity index (χ4n) is 3.45. The molecule has 0 saturated carbocycles. The number of aromatic nitrogens is 4. The number of hydrogen-bond donors (Lipinski definition) is 1. The third-order valence-corrected chi connectivity index (χ3v) is 5.88. The van der Waals surface area contributed by atoms with E-state index in [4.69, 9.17) is 0 Å². The van der Waals surface area contributed by atoms with Crippen molar-refractivity contribution in [2.75, 3.05) is 11.1 Å². The van der Waals surface area contributed by atoms with E-state index >= 15 is 0 Å². The lowest BCUT2D eigenvalue weighted by Gasteiger charge is -2.19. The van der Waals surface area contributed by atoms with Crippen molar-refractivity contribution in [1.82, 2.24) is 19.7 Å². The summed E-state index contributed by atoms with van der Waals surface area (Å²) in [6.07, 6.45) is 0. The Morgan fingerprint density at radius 2 is 1.80 bits per heavy atom. The van der Waals surface area contributed by atoms with Gasteiger partial charge in [-0.05, 0) is 36.1 Å². The van der Waals surface area contributed by atoms with E-state index < -0.39 is 0 Å². The van der Waals surface area contributed by atoms with E-state index in [1.54, 1.807) is 0 Å². The Hall–Kier alpha value is -2.93. The summed E-state index contributed by atoms with van der Waals surface area (Å²) in [5.74, 6) is 0.129. The molecule has 0 spiro atoms. The Morgan fingerprint density at radius 3 is 2.50 bits per heavy atom. The average Bonchev–Trinajstić information content (AvgIpc) is 3.05. The number of carbonyl (C=O) groups excluding carboxylic acids is 1. The first-order valence-electron chi connectivity index (χ1n) is 10.0. The largest absolute Gasteiger partial charge is 0.325 e. The number of hydrogen-bond acceptors (Lipinski definition) is 5. The Labute approximate surface area is 180 Å². The number of benzene rings is 2. The van der Waals surface area contributed by atoms with Crippen LogP contribution >= 0.6 is 11.8 Å². The van der Waals surface area contributed by atoms with E-state index in [9.17, 15) is 4.79 Å². The fraction of sp³-hybridized carbons (Fsp3) is 0.304. The molecule has 0 bridgehead atoms. The summed E-state index contributed by atoms with van der Waals surface area (Å²) in [5, 5.41) is 13.1. The molecule has 6 nitrogen and oxygen atoms in total. The van der Waals surface area contributed by atoms with Crippen LogP contribution in [-0.4, -0.2) is 31.4 Å². The lowest BCUT2D eigenvalue weighted by atomic mass is 9.87. The Bertz CT molecular complexity index is 1210. The Morgan fingerprint density at radius 1 is 1.07 bits per heavy atom. The Balaban J connectivity index is 1.47. The average molecular weight is 420 g/mol. The highest BCUT2D eigenvalue weighted by atomic mass is 32.2. The van der Waals surface area contributed by atoms with E-state index in [0.717, 1.165) is 34.3 Å². The minimum Gasteiger partial charge on any atom is -0.325 e. The van der Waals surface area contributed by atoms with Crippen molar-refractivity contribution in [1.29, 1.82) is 0 Å². The molecule has 154 valence electrons. The number of nitrogens with one attached hydrogen (secondary N) is 1. The van der Waals surface area contributed by atoms with E-state index in [1.807, 2.05) is 42.5 Å². The van der Waals surface area contributed by atoms with Gasteiger partial charge in [-0.1, -0.05) is 62.9 Å². The molecule has 0 atom stereocenters. The van der Waals surface area contributed by atoms with E-state index in [2.05, 4.69) is 58.8 Å². The van der Waals surface area contributed by atoms with Crippen molar-refractivity contribution in [3.63, 3.8) is 0 Å². The van der Waals surface area contributed by atoms with Crippen LogP contribution in [0.25, 0.3) is 22.1 Å². The standard InChI is InChI=1S/C23H25N5OS/c1-5-28-18-9-7-6-8-17(18)20-21(28)25-22(27-26-20)30-14-19(29)24-16-12-10-15(11-13-16)23(2,3)4/h6-13H,5,14H2,1-4H3,(H,24,29). The second kappa shape index (κ2) is 8.07. The number of aryl methyl sites for hydroxylation is 1. The van der Waals surface area contributed by atoms with Gasteiger partial charge in [-0.25, -0.2) is 4.98 Å². The number of thioether (sulfide) groups is 1. The smallest absolute Gasteiger partial charge is 0.234 e. The zero-order valence-corrected chi connectivity index (χ0v) is 18.5. The first-order chi connectivity index (χ1) is 14.4. The Kier molecular flexibility index (Phi) is 5.47. The molecule has 7 heteroatoms. The van der Waals surface area contributed by atoms with Crippen LogP contribution in [-0.2, 0) is 16.8 Å². The maximum atomic E-state index is 12.4. The molecule has 2 aromatic carbocycles. The van der Waals surface area contributed by atoms with Gasteiger partial charge in [0.05, 0.1) is 11.3 Å². The second-order valence-corrected chi connectivity index (χ2v) is 9.13. The first-order valence-corrected chi connectivity index (χ1v) is 11.0. The third kappa shape index (κ3) is 4.03. The fourth-order valence-corrected chi connectivity index (χ4v) is 4.03. The molecular formula is C23H25N5OS. The van der Waals surface area contributed by atoms with Crippen molar-refractivity contribution in [3.05, 3.63) is 54.1 Å². The third-order valence-electron chi connectivity index (χ3n) is 5.04. The minimum absolute atomic E-state index is 0.0856. The minimum atomic E-state index is -0.0942. The van der Waals surface area contributed by atoms with Gasteiger partial charge < -0.3 is 9.88 Å². The predicted octanol–water partition coefficient (Wildman–Crippen LogP) is 5.03. The molecule has 0 aliphatic rings. The highest BCUT2D eigenvalue weighted by Crippen LogP contribution is 2.27. The summed E-state index contributed by atoms with van der Waals surface area (Å²) in [6, 6.07) is 16.1. The normalized spacial score (nSPS) is 11.9. The van der Waals surface area contributed by atoms with Crippen LogP contribution < -0.4 is 5.32 Å². The van der Waals surface area contributed by atoms with Gasteiger partial charge in [0.25, 0.3) is 0 Å². The van der Waals surface area contributed by atoms with Gasteiger partial charge in [0, 0.05) is 17.6 Å². The topological polar surface area (TPSA) is 72.7 Å². The van der Waals surface area contributed by atoms with Crippen LogP contribution in [0.4, 0.5) is 5.69 Å². The molecule has 0 radical (unpaired) electrons. The molecule has 2 aromatic heterocycles. The quantitative estimate of drug-likeness (QED) is 0.460. The van der Waals surface area contributed by atoms with Crippen molar-refractivity contribution >= 4 is 45.4 Å². The van der Waals surface area contributed by atoms with Gasteiger partial charge in [-0.2, -0.15) is 0 Å². The van der Waals surface area contributed by atoms with Crippen molar-refractivity contribution < 1.29 is 4.79 Å². The highest BCUT2D eigenvalue weighted by molar-refractivity contribution is 7.99.